The molecule has 7 heteroatoms. The second-order valence-corrected chi connectivity index (χ2v) is 4.75. The number of amides is 1. The number of aryl methyl sites for hydroxylation is 1. The topological polar surface area (TPSA) is 96.2 Å². The van der Waals surface area contributed by atoms with Crippen LogP contribution in [0.4, 0.5) is 11.5 Å². The van der Waals surface area contributed by atoms with Gasteiger partial charge in [0.2, 0.25) is 5.91 Å². The number of rotatable bonds is 6. The van der Waals surface area contributed by atoms with Crippen LogP contribution >= 0.6 is 0 Å². The number of carboxylic acids is 1. The van der Waals surface area contributed by atoms with E-state index in [1.54, 1.807) is 18.7 Å². The van der Waals surface area contributed by atoms with Crippen molar-refractivity contribution in [2.75, 3.05) is 17.7 Å². The van der Waals surface area contributed by atoms with E-state index in [9.17, 15) is 9.59 Å². The zero-order valence-corrected chi connectivity index (χ0v) is 12.5. The van der Waals surface area contributed by atoms with Crippen LogP contribution in [0.15, 0.2) is 30.3 Å². The molecule has 1 amide bonds. The van der Waals surface area contributed by atoms with Crippen molar-refractivity contribution in [3.8, 4) is 5.69 Å². The van der Waals surface area contributed by atoms with Gasteiger partial charge in [-0.2, -0.15) is 5.10 Å². The molecule has 3 N–H and O–H groups in total. The molecule has 0 aliphatic carbocycles. The minimum absolute atomic E-state index is 0.0750. The quantitative estimate of drug-likeness (QED) is 0.758. The molecule has 0 atom stereocenters. The molecular weight excluding hydrogens is 284 g/mol. The maximum absolute atomic E-state index is 11.8. The fraction of sp³-hybridized carbons (Fsp3) is 0.267. The Morgan fingerprint density at radius 3 is 2.50 bits per heavy atom. The van der Waals surface area contributed by atoms with Crippen LogP contribution < -0.4 is 10.6 Å². The smallest absolute Gasteiger partial charge is 0.303 e. The molecule has 116 valence electrons. The Bertz CT molecular complexity index is 680. The lowest BCUT2D eigenvalue weighted by Gasteiger charge is -2.09. The highest BCUT2D eigenvalue weighted by Gasteiger charge is 2.17. The van der Waals surface area contributed by atoms with Gasteiger partial charge in [0, 0.05) is 13.5 Å². The number of carbonyl (C=O) groups is 2. The third-order valence-electron chi connectivity index (χ3n) is 3.13. The summed E-state index contributed by atoms with van der Waals surface area (Å²) in [5, 5.41) is 18.8. The van der Waals surface area contributed by atoms with Crippen LogP contribution in [0.1, 0.15) is 18.5 Å². The van der Waals surface area contributed by atoms with Crippen LogP contribution in [0.2, 0.25) is 0 Å². The number of hydrogen-bond donors (Lipinski definition) is 3. The van der Waals surface area contributed by atoms with Crippen molar-refractivity contribution < 1.29 is 14.7 Å². The molecule has 7 nitrogen and oxygen atoms in total. The number of benzene rings is 1. The van der Waals surface area contributed by atoms with Crippen LogP contribution in [0.5, 0.6) is 0 Å². The molecule has 0 unspecified atom stereocenters. The molecule has 0 saturated heterocycles. The van der Waals surface area contributed by atoms with Gasteiger partial charge in [-0.3, -0.25) is 9.59 Å². The Morgan fingerprint density at radius 1 is 1.23 bits per heavy atom. The summed E-state index contributed by atoms with van der Waals surface area (Å²) in [5.41, 5.74) is 2.07. The number of nitrogens with one attached hydrogen (secondary N) is 2. The first-order valence-electron chi connectivity index (χ1n) is 6.87. The first-order chi connectivity index (χ1) is 10.5. The van der Waals surface area contributed by atoms with Gasteiger partial charge in [-0.05, 0) is 19.1 Å². The van der Waals surface area contributed by atoms with Gasteiger partial charge < -0.3 is 15.7 Å². The highest BCUT2D eigenvalue weighted by atomic mass is 16.4. The van der Waals surface area contributed by atoms with Gasteiger partial charge >= 0.3 is 5.97 Å². The van der Waals surface area contributed by atoms with Crippen molar-refractivity contribution in [3.63, 3.8) is 0 Å². The molecule has 0 fully saturated rings. The van der Waals surface area contributed by atoms with E-state index in [-0.39, 0.29) is 18.7 Å². The molecule has 1 aromatic carbocycles. The summed E-state index contributed by atoms with van der Waals surface area (Å²) in [6.45, 7) is 1.78. The summed E-state index contributed by atoms with van der Waals surface area (Å²) >= 11 is 0. The standard InChI is InChI=1S/C15H18N4O3/c1-10-14(17-12(20)8-9-13(21)22)15(16-2)19(18-10)11-6-4-3-5-7-11/h3-7,16H,8-9H2,1-2H3,(H,17,20)(H,21,22). The normalized spacial score (nSPS) is 10.3. The van der Waals surface area contributed by atoms with E-state index in [0.29, 0.717) is 17.2 Å². The number of anilines is 2. The molecule has 2 rings (SSSR count). The van der Waals surface area contributed by atoms with Gasteiger partial charge in [-0.1, -0.05) is 18.2 Å². The molecule has 0 aliphatic heterocycles. The summed E-state index contributed by atoms with van der Waals surface area (Å²) < 4.78 is 1.70. The second-order valence-electron chi connectivity index (χ2n) is 4.75. The van der Waals surface area contributed by atoms with Crippen molar-refractivity contribution in [3.05, 3.63) is 36.0 Å². The SMILES string of the molecule is CNc1c(NC(=O)CCC(=O)O)c(C)nn1-c1ccccc1. The lowest BCUT2D eigenvalue weighted by atomic mass is 10.2. The Hall–Kier alpha value is -2.83. The maximum Gasteiger partial charge on any atom is 0.303 e. The van der Waals surface area contributed by atoms with Crippen molar-refractivity contribution in [2.45, 2.75) is 19.8 Å². The maximum atomic E-state index is 11.8. The van der Waals surface area contributed by atoms with E-state index < -0.39 is 5.97 Å². The van der Waals surface area contributed by atoms with Gasteiger partial charge in [0.1, 0.15) is 5.69 Å². The van der Waals surface area contributed by atoms with E-state index in [1.807, 2.05) is 30.3 Å². The Labute approximate surface area is 128 Å². The molecule has 0 bridgehead atoms. The lowest BCUT2D eigenvalue weighted by molar-refractivity contribution is -0.138. The van der Waals surface area contributed by atoms with Crippen molar-refractivity contribution in [1.82, 2.24) is 9.78 Å². The van der Waals surface area contributed by atoms with Crippen LogP contribution in [0.25, 0.3) is 5.69 Å². The number of hydrogen-bond acceptors (Lipinski definition) is 4. The van der Waals surface area contributed by atoms with Gasteiger partial charge in [-0.15, -0.1) is 0 Å². The molecule has 1 aromatic heterocycles. The predicted octanol–water partition coefficient (Wildman–Crippen LogP) is 2.03. The zero-order chi connectivity index (χ0) is 16.1. The Morgan fingerprint density at radius 2 is 1.91 bits per heavy atom. The van der Waals surface area contributed by atoms with Gasteiger partial charge in [0.05, 0.1) is 17.8 Å². The van der Waals surface area contributed by atoms with Crippen molar-refractivity contribution >= 4 is 23.4 Å². The fourth-order valence-corrected chi connectivity index (χ4v) is 2.09. The molecule has 0 aliphatic rings. The third-order valence-corrected chi connectivity index (χ3v) is 3.13. The highest BCUT2D eigenvalue weighted by molar-refractivity contribution is 5.95. The Kier molecular flexibility index (Phi) is 4.77. The summed E-state index contributed by atoms with van der Waals surface area (Å²) in [6.07, 6.45) is -0.277. The first kappa shape index (κ1) is 15.6. The minimum atomic E-state index is -0.999. The number of carboxylic acid groups (broad SMARTS) is 1. The summed E-state index contributed by atoms with van der Waals surface area (Å²) in [7, 11) is 1.74. The molecular formula is C15H18N4O3. The number of carbonyl (C=O) groups excluding carboxylic acids is 1. The van der Waals surface area contributed by atoms with Gasteiger partial charge in [-0.25, -0.2) is 4.68 Å². The van der Waals surface area contributed by atoms with Crippen LogP contribution in [0.3, 0.4) is 0 Å². The largest absolute Gasteiger partial charge is 0.481 e. The van der Waals surface area contributed by atoms with Crippen molar-refractivity contribution in [1.29, 1.82) is 0 Å². The summed E-state index contributed by atoms with van der Waals surface area (Å²) in [5.74, 6) is -0.706. The Balaban J connectivity index is 2.27. The molecule has 22 heavy (non-hydrogen) atoms. The average Bonchev–Trinajstić information content (AvgIpc) is 2.82. The van der Waals surface area contributed by atoms with Crippen molar-refractivity contribution in [2.24, 2.45) is 0 Å². The number of nitrogens with zero attached hydrogens (tertiary/aromatic N) is 2. The molecule has 0 spiro atoms. The predicted molar refractivity (Wildman–Crippen MR) is 83.3 cm³/mol. The van der Waals surface area contributed by atoms with E-state index >= 15 is 0 Å². The number of para-hydroxylation sites is 1. The minimum Gasteiger partial charge on any atom is -0.481 e. The highest BCUT2D eigenvalue weighted by Crippen LogP contribution is 2.28. The van der Waals surface area contributed by atoms with Crippen LogP contribution in [0, 0.1) is 6.92 Å². The monoisotopic (exact) mass is 302 g/mol. The first-order valence-corrected chi connectivity index (χ1v) is 6.87. The average molecular weight is 302 g/mol. The zero-order valence-electron chi connectivity index (χ0n) is 12.5. The van der Waals surface area contributed by atoms with Crippen LogP contribution in [-0.4, -0.2) is 33.8 Å². The molecule has 2 aromatic rings. The summed E-state index contributed by atoms with van der Waals surface area (Å²) in [4.78, 5) is 22.4. The molecule has 1 heterocycles. The number of aromatic nitrogens is 2. The lowest BCUT2D eigenvalue weighted by Crippen LogP contribution is -2.14. The van der Waals surface area contributed by atoms with E-state index in [0.717, 1.165) is 5.69 Å². The fourth-order valence-electron chi connectivity index (χ4n) is 2.09. The van der Waals surface area contributed by atoms with Gasteiger partial charge in [0.15, 0.2) is 5.82 Å². The molecule has 0 radical (unpaired) electrons. The van der Waals surface area contributed by atoms with E-state index in [4.69, 9.17) is 5.11 Å². The van der Waals surface area contributed by atoms with Gasteiger partial charge in [0.25, 0.3) is 0 Å². The summed E-state index contributed by atoms with van der Waals surface area (Å²) in [6, 6.07) is 9.52. The molecule has 0 saturated carbocycles. The second kappa shape index (κ2) is 6.75. The van der Waals surface area contributed by atoms with Crippen LogP contribution in [-0.2, 0) is 9.59 Å². The van der Waals surface area contributed by atoms with E-state index in [1.165, 1.54) is 0 Å². The van der Waals surface area contributed by atoms with E-state index in [2.05, 4.69) is 15.7 Å². The third kappa shape index (κ3) is 3.43. The number of aliphatic carboxylic acids is 1.